The van der Waals surface area contributed by atoms with E-state index in [0.717, 1.165) is 31.3 Å². The summed E-state index contributed by atoms with van der Waals surface area (Å²) >= 11 is 13.0. The maximum atomic E-state index is 6.54. The van der Waals surface area contributed by atoms with Gasteiger partial charge in [-0.1, -0.05) is 37.0 Å². The number of ether oxygens (including phenoxy) is 1. The molecule has 3 aromatic rings. The second kappa shape index (κ2) is 10.1. The Bertz CT molecular complexity index is 1030. The number of fused-ring (bicyclic) bond motifs is 1. The lowest BCUT2D eigenvalue weighted by atomic mass is 10.1. The molecule has 0 saturated heterocycles. The van der Waals surface area contributed by atoms with Crippen molar-refractivity contribution in [2.45, 2.75) is 32.7 Å². The molecule has 3 rings (SSSR count). The van der Waals surface area contributed by atoms with Crippen LogP contribution in [-0.4, -0.2) is 41.2 Å². The Morgan fingerprint density at radius 2 is 1.90 bits per heavy atom. The normalized spacial score (nSPS) is 11.3. The third-order valence-electron chi connectivity index (χ3n) is 4.56. The summed E-state index contributed by atoms with van der Waals surface area (Å²) in [5.41, 5.74) is 7.66. The van der Waals surface area contributed by atoms with Crippen LogP contribution < -0.4 is 21.1 Å². The number of pyridine rings is 1. The molecule has 0 atom stereocenters. The summed E-state index contributed by atoms with van der Waals surface area (Å²) in [4.78, 5) is 13.2. The van der Waals surface area contributed by atoms with E-state index in [1.165, 1.54) is 0 Å². The molecule has 0 aliphatic rings. The molecule has 0 aliphatic carbocycles. The molecule has 160 valence electrons. The SMILES string of the molecule is COc1ccc(Cl)c(-c2cc3cnc(N)nc3c(NCCCCNC(C)C)n2)c1Cl. The molecule has 30 heavy (non-hydrogen) atoms. The van der Waals surface area contributed by atoms with Gasteiger partial charge in [0.05, 0.1) is 22.8 Å². The highest BCUT2D eigenvalue weighted by molar-refractivity contribution is 6.40. The largest absolute Gasteiger partial charge is 0.495 e. The van der Waals surface area contributed by atoms with Crippen LogP contribution >= 0.6 is 23.2 Å². The van der Waals surface area contributed by atoms with Gasteiger partial charge in [-0.2, -0.15) is 0 Å². The van der Waals surface area contributed by atoms with Crippen molar-refractivity contribution in [3.63, 3.8) is 0 Å². The summed E-state index contributed by atoms with van der Waals surface area (Å²) < 4.78 is 5.33. The van der Waals surface area contributed by atoms with Crippen molar-refractivity contribution in [1.29, 1.82) is 0 Å². The molecule has 2 aromatic heterocycles. The van der Waals surface area contributed by atoms with Crippen LogP contribution in [0.3, 0.4) is 0 Å². The maximum absolute atomic E-state index is 6.54. The van der Waals surface area contributed by atoms with Crippen molar-refractivity contribution in [3.05, 3.63) is 34.4 Å². The number of hydrogen-bond acceptors (Lipinski definition) is 7. The molecule has 4 N–H and O–H groups in total. The number of nitrogens with zero attached hydrogens (tertiary/aromatic N) is 3. The topological polar surface area (TPSA) is 98.0 Å². The van der Waals surface area contributed by atoms with Gasteiger partial charge in [0.25, 0.3) is 0 Å². The fourth-order valence-electron chi connectivity index (χ4n) is 3.08. The lowest BCUT2D eigenvalue weighted by molar-refractivity contribution is 0.415. The van der Waals surface area contributed by atoms with Gasteiger partial charge in [-0.15, -0.1) is 0 Å². The number of hydrogen-bond donors (Lipinski definition) is 3. The first kappa shape index (κ1) is 22.3. The van der Waals surface area contributed by atoms with Crippen LogP contribution in [-0.2, 0) is 0 Å². The van der Waals surface area contributed by atoms with E-state index in [9.17, 15) is 0 Å². The lowest BCUT2D eigenvalue weighted by Crippen LogP contribution is -2.24. The zero-order valence-electron chi connectivity index (χ0n) is 17.3. The van der Waals surface area contributed by atoms with Gasteiger partial charge in [0.2, 0.25) is 5.95 Å². The van der Waals surface area contributed by atoms with Gasteiger partial charge in [0, 0.05) is 29.7 Å². The van der Waals surface area contributed by atoms with E-state index in [2.05, 4.69) is 34.4 Å². The minimum atomic E-state index is 0.193. The lowest BCUT2D eigenvalue weighted by Gasteiger charge is -2.14. The highest BCUT2D eigenvalue weighted by atomic mass is 35.5. The van der Waals surface area contributed by atoms with Crippen molar-refractivity contribution in [2.75, 3.05) is 31.2 Å². The van der Waals surface area contributed by atoms with Crippen molar-refractivity contribution < 1.29 is 4.74 Å². The molecule has 0 radical (unpaired) electrons. The monoisotopic (exact) mass is 448 g/mol. The van der Waals surface area contributed by atoms with Gasteiger partial charge in [-0.3, -0.25) is 0 Å². The Labute approximate surface area is 186 Å². The van der Waals surface area contributed by atoms with Crippen LogP contribution in [0.1, 0.15) is 26.7 Å². The van der Waals surface area contributed by atoms with Crippen molar-refractivity contribution in [2.24, 2.45) is 0 Å². The number of methoxy groups -OCH3 is 1. The average molecular weight is 449 g/mol. The number of halogens is 2. The van der Waals surface area contributed by atoms with E-state index >= 15 is 0 Å². The summed E-state index contributed by atoms with van der Waals surface area (Å²) in [5.74, 6) is 1.33. The number of benzene rings is 1. The summed E-state index contributed by atoms with van der Waals surface area (Å²) in [6.45, 7) is 5.99. The summed E-state index contributed by atoms with van der Waals surface area (Å²) in [7, 11) is 1.56. The van der Waals surface area contributed by atoms with E-state index in [0.29, 0.717) is 44.4 Å². The Hall–Kier alpha value is -2.35. The number of unbranched alkanes of at least 4 members (excludes halogenated alkanes) is 1. The highest BCUT2D eigenvalue weighted by Gasteiger charge is 2.17. The average Bonchev–Trinajstić information content (AvgIpc) is 2.70. The smallest absolute Gasteiger partial charge is 0.220 e. The first-order valence-corrected chi connectivity index (χ1v) is 10.6. The fourth-order valence-corrected chi connectivity index (χ4v) is 3.72. The first-order valence-electron chi connectivity index (χ1n) is 9.83. The number of nitrogens with two attached hydrogens (primary N) is 1. The van der Waals surface area contributed by atoms with Crippen LogP contribution in [0.15, 0.2) is 24.4 Å². The molecular weight excluding hydrogens is 423 g/mol. The first-order chi connectivity index (χ1) is 14.4. The zero-order chi connectivity index (χ0) is 21.7. The molecule has 1 aromatic carbocycles. The molecule has 0 spiro atoms. The van der Waals surface area contributed by atoms with E-state index in [4.69, 9.17) is 38.7 Å². The zero-order valence-corrected chi connectivity index (χ0v) is 18.8. The molecule has 2 heterocycles. The van der Waals surface area contributed by atoms with Gasteiger partial charge in [0.15, 0.2) is 5.82 Å². The van der Waals surface area contributed by atoms with Crippen molar-refractivity contribution in [1.82, 2.24) is 20.3 Å². The Balaban J connectivity index is 1.93. The molecule has 0 bridgehead atoms. The molecule has 0 unspecified atom stereocenters. The van der Waals surface area contributed by atoms with Crippen LogP contribution in [0.25, 0.3) is 22.2 Å². The third kappa shape index (κ3) is 5.22. The minimum absolute atomic E-state index is 0.193. The molecule has 0 saturated carbocycles. The van der Waals surface area contributed by atoms with Gasteiger partial charge in [0.1, 0.15) is 11.3 Å². The van der Waals surface area contributed by atoms with Gasteiger partial charge in [-0.25, -0.2) is 15.0 Å². The van der Waals surface area contributed by atoms with Crippen molar-refractivity contribution in [3.8, 4) is 17.0 Å². The summed E-state index contributed by atoms with van der Waals surface area (Å²) in [6.07, 6.45) is 3.70. The van der Waals surface area contributed by atoms with Crippen molar-refractivity contribution >= 4 is 45.9 Å². The van der Waals surface area contributed by atoms with Gasteiger partial charge in [-0.05, 0) is 37.6 Å². The number of anilines is 2. The fraction of sp³-hybridized carbons (Fsp3) is 0.381. The molecule has 0 aliphatic heterocycles. The molecule has 7 nitrogen and oxygen atoms in total. The minimum Gasteiger partial charge on any atom is -0.495 e. The second-order valence-electron chi connectivity index (χ2n) is 7.20. The van der Waals surface area contributed by atoms with Crippen LogP contribution in [0, 0.1) is 0 Å². The van der Waals surface area contributed by atoms with Crippen LogP contribution in [0.5, 0.6) is 5.75 Å². The molecular formula is C21H26Cl2N6O. The van der Waals surface area contributed by atoms with Crippen LogP contribution in [0.2, 0.25) is 10.0 Å². The predicted molar refractivity (Wildman–Crippen MR) is 125 cm³/mol. The Morgan fingerprint density at radius 1 is 1.13 bits per heavy atom. The van der Waals surface area contributed by atoms with E-state index in [1.54, 1.807) is 25.4 Å². The quantitative estimate of drug-likeness (QED) is 0.405. The van der Waals surface area contributed by atoms with Crippen LogP contribution in [0.4, 0.5) is 11.8 Å². The third-order valence-corrected chi connectivity index (χ3v) is 5.26. The number of aromatic nitrogens is 3. The number of rotatable bonds is 9. The predicted octanol–water partition coefficient (Wildman–Crippen LogP) is 4.78. The van der Waals surface area contributed by atoms with E-state index < -0.39 is 0 Å². The molecule has 9 heteroatoms. The highest BCUT2D eigenvalue weighted by Crippen LogP contribution is 2.41. The Morgan fingerprint density at radius 3 is 2.63 bits per heavy atom. The molecule has 0 fully saturated rings. The second-order valence-corrected chi connectivity index (χ2v) is 7.99. The van der Waals surface area contributed by atoms with E-state index in [1.807, 2.05) is 6.07 Å². The Kier molecular flexibility index (Phi) is 7.53. The van der Waals surface area contributed by atoms with Gasteiger partial charge >= 0.3 is 0 Å². The van der Waals surface area contributed by atoms with E-state index in [-0.39, 0.29) is 5.95 Å². The summed E-state index contributed by atoms with van der Waals surface area (Å²) in [5, 5.41) is 8.46. The maximum Gasteiger partial charge on any atom is 0.220 e. The summed E-state index contributed by atoms with van der Waals surface area (Å²) in [6, 6.07) is 5.79. The number of nitrogen functional groups attached to an aromatic ring is 1. The molecule has 0 amide bonds. The standard InChI is InChI=1S/C21H26Cl2N6O/c1-12(2)25-8-4-5-9-26-20-19-13(11-27-21(24)29-19)10-15(28-20)17-14(22)6-7-16(30-3)18(17)23/h6-7,10-12,25H,4-5,8-9H2,1-3H3,(H,26,28)(H2,24,27,29). The van der Waals surface area contributed by atoms with Gasteiger partial charge < -0.3 is 21.1 Å². The number of nitrogens with one attached hydrogen (secondary N) is 2.